The summed E-state index contributed by atoms with van der Waals surface area (Å²) in [6.07, 6.45) is 0.385. The molecular formula is C29H14N4O8. The molecule has 0 spiro atoms. The zero-order valence-electron chi connectivity index (χ0n) is 20.7. The van der Waals surface area contributed by atoms with Crippen LogP contribution in [0.3, 0.4) is 0 Å². The molecule has 0 atom stereocenters. The lowest BCUT2D eigenvalue weighted by Gasteiger charge is -2.15. The van der Waals surface area contributed by atoms with Gasteiger partial charge in [-0.3, -0.25) is 39.4 Å². The van der Waals surface area contributed by atoms with Crippen LogP contribution < -0.4 is 9.80 Å². The van der Waals surface area contributed by atoms with Gasteiger partial charge in [-0.15, -0.1) is 0 Å². The van der Waals surface area contributed by atoms with E-state index in [9.17, 15) is 39.4 Å². The maximum Gasteiger partial charge on any atom is 0.270 e. The summed E-state index contributed by atoms with van der Waals surface area (Å²) < 4.78 is 0. The number of rotatable bonds is 4. The molecule has 1 aliphatic carbocycles. The van der Waals surface area contributed by atoms with Crippen molar-refractivity contribution in [3.63, 3.8) is 0 Å². The van der Waals surface area contributed by atoms with Crippen molar-refractivity contribution in [3.8, 4) is 11.1 Å². The van der Waals surface area contributed by atoms with Gasteiger partial charge in [-0.25, -0.2) is 9.80 Å². The summed E-state index contributed by atoms with van der Waals surface area (Å²) in [6.45, 7) is 0. The number of benzene rings is 4. The Morgan fingerprint density at radius 2 is 0.854 bits per heavy atom. The lowest BCUT2D eigenvalue weighted by atomic mass is 10.0. The van der Waals surface area contributed by atoms with E-state index in [2.05, 4.69) is 0 Å². The van der Waals surface area contributed by atoms with Crippen LogP contribution in [0.15, 0.2) is 72.8 Å². The quantitative estimate of drug-likeness (QED) is 0.178. The van der Waals surface area contributed by atoms with E-state index in [4.69, 9.17) is 0 Å². The molecule has 41 heavy (non-hydrogen) atoms. The first-order valence-electron chi connectivity index (χ1n) is 12.2. The first-order chi connectivity index (χ1) is 19.6. The third-order valence-electron chi connectivity index (χ3n) is 7.53. The third-order valence-corrected chi connectivity index (χ3v) is 7.53. The summed E-state index contributed by atoms with van der Waals surface area (Å²) in [4.78, 5) is 75.2. The van der Waals surface area contributed by atoms with Gasteiger partial charge in [0.1, 0.15) is 0 Å². The molecule has 4 amide bonds. The molecule has 4 aromatic carbocycles. The van der Waals surface area contributed by atoms with Crippen molar-refractivity contribution in [2.24, 2.45) is 0 Å². The molecular weight excluding hydrogens is 532 g/mol. The number of nitro groups is 2. The highest BCUT2D eigenvalue weighted by Crippen LogP contribution is 2.42. The van der Waals surface area contributed by atoms with Gasteiger partial charge in [0.15, 0.2) is 0 Å². The predicted molar refractivity (Wildman–Crippen MR) is 143 cm³/mol. The Morgan fingerprint density at radius 3 is 1.24 bits per heavy atom. The van der Waals surface area contributed by atoms with Gasteiger partial charge >= 0.3 is 0 Å². The fourth-order valence-electron chi connectivity index (χ4n) is 5.62. The molecule has 0 bridgehead atoms. The summed E-state index contributed by atoms with van der Waals surface area (Å²) in [5.41, 5.74) is 3.44. The van der Waals surface area contributed by atoms with Crippen LogP contribution in [-0.2, 0) is 6.42 Å². The standard InChI is InChI=1S/C29H14N4O8/c34-26-22-7-3-18(32(38)39)12-24(22)28(36)30(26)16-1-5-20-14(10-16)9-15-11-17(2-6-21(15)20)31-27(35)23-8-4-19(33(40)41)13-25(23)29(31)37/h1-8,10-13H,9H2. The molecule has 198 valence electrons. The summed E-state index contributed by atoms with van der Waals surface area (Å²) in [5.74, 6) is -2.47. The molecule has 2 aliphatic heterocycles. The second kappa shape index (κ2) is 8.23. The van der Waals surface area contributed by atoms with Crippen LogP contribution >= 0.6 is 0 Å². The molecule has 12 nitrogen and oxygen atoms in total. The lowest BCUT2D eigenvalue weighted by Crippen LogP contribution is -2.29. The largest absolute Gasteiger partial charge is 0.270 e. The summed E-state index contributed by atoms with van der Waals surface area (Å²) in [5, 5.41) is 22.3. The van der Waals surface area contributed by atoms with Crippen LogP contribution in [0.2, 0.25) is 0 Å². The van der Waals surface area contributed by atoms with Gasteiger partial charge < -0.3 is 0 Å². The van der Waals surface area contributed by atoms with Crippen LogP contribution in [0.25, 0.3) is 11.1 Å². The molecule has 4 aromatic rings. The smallest absolute Gasteiger partial charge is 0.268 e. The highest BCUT2D eigenvalue weighted by molar-refractivity contribution is 6.35. The molecule has 0 unspecified atom stereocenters. The minimum atomic E-state index is -0.655. The normalized spacial score (nSPS) is 14.7. The van der Waals surface area contributed by atoms with Gasteiger partial charge in [0, 0.05) is 24.3 Å². The third kappa shape index (κ3) is 3.34. The Hall–Kier alpha value is -6.04. The predicted octanol–water partition coefficient (Wildman–Crippen LogP) is 4.68. The van der Waals surface area contributed by atoms with Gasteiger partial charge in [-0.1, -0.05) is 12.1 Å². The average Bonchev–Trinajstić information content (AvgIpc) is 3.54. The van der Waals surface area contributed by atoms with Gasteiger partial charge in [-0.05, 0) is 65.1 Å². The zero-order valence-corrected chi connectivity index (χ0v) is 20.7. The summed E-state index contributed by atoms with van der Waals surface area (Å²) in [7, 11) is 0. The Balaban J connectivity index is 1.19. The van der Waals surface area contributed by atoms with Crippen LogP contribution in [-0.4, -0.2) is 33.5 Å². The van der Waals surface area contributed by atoms with E-state index in [1.165, 1.54) is 24.3 Å². The fourth-order valence-corrected chi connectivity index (χ4v) is 5.62. The number of fused-ring (bicyclic) bond motifs is 5. The van der Waals surface area contributed by atoms with Crippen molar-refractivity contribution >= 4 is 46.4 Å². The molecule has 0 fully saturated rings. The first kappa shape index (κ1) is 24.0. The molecule has 7 rings (SSSR count). The molecule has 12 heteroatoms. The molecule has 3 aliphatic rings. The zero-order chi connectivity index (χ0) is 28.7. The summed E-state index contributed by atoms with van der Waals surface area (Å²) in [6, 6.07) is 17.3. The highest BCUT2D eigenvalue weighted by Gasteiger charge is 2.40. The van der Waals surface area contributed by atoms with E-state index in [1.807, 2.05) is 0 Å². The number of nitrogens with zero attached hydrogens (tertiary/aromatic N) is 4. The number of nitro benzene ring substituents is 2. The van der Waals surface area contributed by atoms with Crippen molar-refractivity contribution < 1.29 is 29.0 Å². The van der Waals surface area contributed by atoms with Crippen molar-refractivity contribution in [2.75, 3.05) is 9.80 Å². The first-order valence-corrected chi connectivity index (χ1v) is 12.2. The number of hydrogen-bond acceptors (Lipinski definition) is 8. The number of hydrogen-bond donors (Lipinski definition) is 0. The Labute approximate surface area is 229 Å². The molecule has 0 N–H and O–H groups in total. The SMILES string of the molecule is O=C1c2ccc([N+](=O)[O-])cc2C(=O)N1c1ccc2c(c1)Cc1cc(N3C(=O)c4ccc([N+](=O)[O-])cc4C3=O)ccc1-2. The van der Waals surface area contributed by atoms with Gasteiger partial charge in [0.25, 0.3) is 35.0 Å². The van der Waals surface area contributed by atoms with E-state index in [-0.39, 0.29) is 33.6 Å². The Morgan fingerprint density at radius 1 is 0.488 bits per heavy atom. The minimum absolute atomic E-state index is 0.0381. The van der Waals surface area contributed by atoms with Crippen LogP contribution in [0.1, 0.15) is 52.6 Å². The summed E-state index contributed by atoms with van der Waals surface area (Å²) >= 11 is 0. The van der Waals surface area contributed by atoms with Crippen LogP contribution in [0, 0.1) is 20.2 Å². The van der Waals surface area contributed by atoms with E-state index in [0.717, 1.165) is 44.2 Å². The number of carbonyl (C=O) groups is 4. The number of anilines is 2. The number of carbonyl (C=O) groups excluding carboxylic acids is 4. The van der Waals surface area contributed by atoms with E-state index < -0.39 is 33.5 Å². The molecule has 0 saturated heterocycles. The number of non-ortho nitro benzene ring substituents is 2. The monoisotopic (exact) mass is 546 g/mol. The highest BCUT2D eigenvalue weighted by atomic mass is 16.6. The van der Waals surface area contributed by atoms with Gasteiger partial charge in [-0.2, -0.15) is 0 Å². The van der Waals surface area contributed by atoms with E-state index in [1.54, 1.807) is 36.4 Å². The van der Waals surface area contributed by atoms with Crippen LogP contribution in [0.4, 0.5) is 22.7 Å². The molecule has 0 radical (unpaired) electrons. The Bertz CT molecular complexity index is 1840. The van der Waals surface area contributed by atoms with Crippen molar-refractivity contribution in [3.05, 3.63) is 126 Å². The minimum Gasteiger partial charge on any atom is -0.268 e. The molecule has 0 saturated carbocycles. The maximum absolute atomic E-state index is 13.1. The average molecular weight is 546 g/mol. The maximum atomic E-state index is 13.1. The van der Waals surface area contributed by atoms with Crippen molar-refractivity contribution in [1.29, 1.82) is 0 Å². The van der Waals surface area contributed by atoms with E-state index in [0.29, 0.717) is 17.8 Å². The Kier molecular flexibility index (Phi) is 4.82. The second-order valence-electron chi connectivity index (χ2n) is 9.73. The topological polar surface area (TPSA) is 161 Å². The molecule has 2 heterocycles. The second-order valence-corrected chi connectivity index (χ2v) is 9.73. The van der Waals surface area contributed by atoms with E-state index >= 15 is 0 Å². The van der Waals surface area contributed by atoms with Gasteiger partial charge in [0.2, 0.25) is 0 Å². The molecule has 0 aromatic heterocycles. The lowest BCUT2D eigenvalue weighted by molar-refractivity contribution is -0.385. The number of amides is 4. The number of imide groups is 2. The van der Waals surface area contributed by atoms with Gasteiger partial charge in [0.05, 0.1) is 43.5 Å². The fraction of sp³-hybridized carbons (Fsp3) is 0.0345. The van der Waals surface area contributed by atoms with Crippen molar-refractivity contribution in [1.82, 2.24) is 0 Å². The van der Waals surface area contributed by atoms with Crippen molar-refractivity contribution in [2.45, 2.75) is 6.42 Å². The van der Waals surface area contributed by atoms with Crippen LogP contribution in [0.5, 0.6) is 0 Å².